The average Bonchev–Trinajstić information content (AvgIpc) is 2.59. The van der Waals surface area contributed by atoms with E-state index < -0.39 is 10.0 Å². The number of hydrogen-bond donors (Lipinski definition) is 1. The molecule has 8 heteroatoms. The van der Waals surface area contributed by atoms with Crippen LogP contribution in [0.2, 0.25) is 0 Å². The molecule has 0 radical (unpaired) electrons. The summed E-state index contributed by atoms with van der Waals surface area (Å²) in [5.41, 5.74) is 1.33. The first-order chi connectivity index (χ1) is 12.2. The van der Waals surface area contributed by atoms with Crippen LogP contribution in [-0.4, -0.2) is 34.2 Å². The van der Waals surface area contributed by atoms with E-state index in [0.29, 0.717) is 5.69 Å². The van der Waals surface area contributed by atoms with Crippen molar-refractivity contribution in [1.29, 1.82) is 0 Å². The maximum absolute atomic E-state index is 12.4. The molecule has 0 aliphatic rings. The molecule has 0 spiro atoms. The molecular formula is C18H21BrN2O4S. The van der Waals surface area contributed by atoms with Gasteiger partial charge < -0.3 is 10.1 Å². The van der Waals surface area contributed by atoms with Gasteiger partial charge in [-0.1, -0.05) is 28.1 Å². The Labute approximate surface area is 162 Å². The monoisotopic (exact) mass is 440 g/mol. The number of anilines is 1. The van der Waals surface area contributed by atoms with Gasteiger partial charge in [-0.2, -0.15) is 0 Å². The highest BCUT2D eigenvalue weighted by Crippen LogP contribution is 2.21. The molecule has 0 bridgehead atoms. The van der Waals surface area contributed by atoms with Crippen molar-refractivity contribution in [1.82, 2.24) is 5.32 Å². The van der Waals surface area contributed by atoms with Crippen molar-refractivity contribution in [2.45, 2.75) is 13.0 Å². The van der Waals surface area contributed by atoms with E-state index in [1.165, 1.54) is 0 Å². The number of halogens is 1. The van der Waals surface area contributed by atoms with Crippen LogP contribution >= 0.6 is 15.9 Å². The number of ether oxygens (including phenoxy) is 1. The number of methoxy groups -OCH3 is 1. The molecule has 140 valence electrons. The maximum Gasteiger partial charge on any atom is 0.241 e. The van der Waals surface area contributed by atoms with Crippen LogP contribution < -0.4 is 14.4 Å². The Morgan fingerprint density at radius 3 is 2.23 bits per heavy atom. The van der Waals surface area contributed by atoms with Crippen molar-refractivity contribution in [2.24, 2.45) is 0 Å². The minimum atomic E-state index is -3.59. The molecule has 2 rings (SSSR count). The van der Waals surface area contributed by atoms with Gasteiger partial charge in [0.05, 0.1) is 25.1 Å². The van der Waals surface area contributed by atoms with E-state index >= 15 is 0 Å². The third-order valence-electron chi connectivity index (χ3n) is 3.80. The second-order valence-electron chi connectivity index (χ2n) is 5.81. The molecule has 2 aromatic rings. The van der Waals surface area contributed by atoms with Gasteiger partial charge in [-0.15, -0.1) is 0 Å². The summed E-state index contributed by atoms with van der Waals surface area (Å²) < 4.78 is 31.2. The minimum absolute atomic E-state index is 0.264. The fourth-order valence-corrected chi connectivity index (χ4v) is 3.52. The predicted octanol–water partition coefficient (Wildman–Crippen LogP) is 3.10. The molecule has 0 unspecified atom stereocenters. The van der Waals surface area contributed by atoms with Crippen LogP contribution in [0.4, 0.5) is 5.69 Å². The van der Waals surface area contributed by atoms with Gasteiger partial charge >= 0.3 is 0 Å². The van der Waals surface area contributed by atoms with Crippen LogP contribution in [0.25, 0.3) is 0 Å². The van der Waals surface area contributed by atoms with Gasteiger partial charge in [-0.25, -0.2) is 8.42 Å². The number of carbonyl (C=O) groups is 1. The second-order valence-corrected chi connectivity index (χ2v) is 8.63. The Morgan fingerprint density at radius 1 is 1.15 bits per heavy atom. The van der Waals surface area contributed by atoms with E-state index in [1.54, 1.807) is 31.4 Å². The first-order valence-electron chi connectivity index (χ1n) is 7.87. The van der Waals surface area contributed by atoms with Crippen LogP contribution in [0.15, 0.2) is 53.0 Å². The number of hydrogen-bond acceptors (Lipinski definition) is 4. The standard InChI is InChI=1S/C18H21BrN2O4S/c1-13(14-4-10-17(25-2)11-5-14)20-18(22)12-21(26(3,23)24)16-8-6-15(19)7-9-16/h4-11,13H,12H2,1-3H3,(H,20,22)/t13-/m1/s1. The first kappa shape index (κ1) is 20.3. The summed E-state index contributed by atoms with van der Waals surface area (Å²) in [6.45, 7) is 1.55. The van der Waals surface area contributed by atoms with Crippen LogP contribution in [0.3, 0.4) is 0 Å². The largest absolute Gasteiger partial charge is 0.497 e. The van der Waals surface area contributed by atoms with Gasteiger partial charge in [0.1, 0.15) is 12.3 Å². The number of benzene rings is 2. The summed E-state index contributed by atoms with van der Waals surface area (Å²) in [6, 6.07) is 13.8. The zero-order valence-corrected chi connectivity index (χ0v) is 17.2. The van der Waals surface area contributed by atoms with Gasteiger partial charge in [0.2, 0.25) is 15.9 Å². The zero-order chi connectivity index (χ0) is 19.3. The van der Waals surface area contributed by atoms with Gasteiger partial charge in [-0.3, -0.25) is 9.10 Å². The molecule has 2 aromatic carbocycles. The Kier molecular flexibility index (Phi) is 6.66. The van der Waals surface area contributed by atoms with Crippen molar-refractivity contribution < 1.29 is 17.9 Å². The molecule has 26 heavy (non-hydrogen) atoms. The van der Waals surface area contributed by atoms with E-state index in [9.17, 15) is 13.2 Å². The van der Waals surface area contributed by atoms with Crippen LogP contribution in [0, 0.1) is 0 Å². The average molecular weight is 441 g/mol. The van der Waals surface area contributed by atoms with E-state index in [2.05, 4.69) is 21.2 Å². The second kappa shape index (κ2) is 8.55. The van der Waals surface area contributed by atoms with Crippen molar-refractivity contribution in [3.63, 3.8) is 0 Å². The highest BCUT2D eigenvalue weighted by molar-refractivity contribution is 9.10. The topological polar surface area (TPSA) is 75.7 Å². The summed E-state index contributed by atoms with van der Waals surface area (Å²) >= 11 is 3.31. The maximum atomic E-state index is 12.4. The molecule has 0 heterocycles. The quantitative estimate of drug-likeness (QED) is 0.717. The van der Waals surface area contributed by atoms with E-state index in [4.69, 9.17) is 4.74 Å². The number of sulfonamides is 1. The molecular weight excluding hydrogens is 420 g/mol. The Morgan fingerprint density at radius 2 is 1.73 bits per heavy atom. The molecule has 0 aromatic heterocycles. The Hall–Kier alpha value is -2.06. The van der Waals surface area contributed by atoms with Gasteiger partial charge in [0.15, 0.2) is 0 Å². The first-order valence-corrected chi connectivity index (χ1v) is 10.5. The molecule has 0 aliphatic carbocycles. The molecule has 1 amide bonds. The molecule has 0 saturated carbocycles. The van der Waals surface area contributed by atoms with Gasteiger partial charge in [-0.05, 0) is 48.9 Å². The highest BCUT2D eigenvalue weighted by Gasteiger charge is 2.21. The van der Waals surface area contributed by atoms with Crippen molar-refractivity contribution in [2.75, 3.05) is 24.2 Å². The van der Waals surface area contributed by atoms with Gasteiger partial charge in [0.25, 0.3) is 0 Å². The van der Waals surface area contributed by atoms with Crippen LogP contribution in [0.1, 0.15) is 18.5 Å². The SMILES string of the molecule is COc1ccc([C@@H](C)NC(=O)CN(c2ccc(Br)cc2)S(C)(=O)=O)cc1. The molecule has 1 atom stereocenters. The third-order valence-corrected chi connectivity index (χ3v) is 5.46. The van der Waals surface area contributed by atoms with Crippen LogP contribution in [-0.2, 0) is 14.8 Å². The smallest absolute Gasteiger partial charge is 0.241 e. The van der Waals surface area contributed by atoms with Crippen molar-refractivity contribution in [3.05, 3.63) is 58.6 Å². The lowest BCUT2D eigenvalue weighted by atomic mass is 10.1. The third kappa shape index (κ3) is 5.47. The number of nitrogens with one attached hydrogen (secondary N) is 1. The summed E-state index contributed by atoms with van der Waals surface area (Å²) in [6.07, 6.45) is 1.08. The number of carbonyl (C=O) groups excluding carboxylic acids is 1. The van der Waals surface area contributed by atoms with Crippen molar-refractivity contribution in [3.8, 4) is 5.75 Å². The number of rotatable bonds is 7. The lowest BCUT2D eigenvalue weighted by Crippen LogP contribution is -2.41. The van der Waals surface area contributed by atoms with Crippen molar-refractivity contribution >= 4 is 37.5 Å². The fraction of sp³-hybridized carbons (Fsp3) is 0.278. The molecule has 0 saturated heterocycles. The summed E-state index contributed by atoms with van der Waals surface area (Å²) in [7, 11) is -2.01. The number of amides is 1. The Balaban J connectivity index is 2.10. The highest BCUT2D eigenvalue weighted by atomic mass is 79.9. The van der Waals surface area contributed by atoms with E-state index in [-0.39, 0.29) is 18.5 Å². The summed E-state index contributed by atoms with van der Waals surface area (Å²) in [4.78, 5) is 12.4. The lowest BCUT2D eigenvalue weighted by Gasteiger charge is -2.23. The summed E-state index contributed by atoms with van der Waals surface area (Å²) in [5, 5.41) is 2.82. The van der Waals surface area contributed by atoms with Gasteiger partial charge in [0, 0.05) is 4.47 Å². The van der Waals surface area contributed by atoms with E-state index in [1.807, 2.05) is 31.2 Å². The molecule has 1 N–H and O–H groups in total. The molecule has 0 fully saturated rings. The summed E-state index contributed by atoms with van der Waals surface area (Å²) in [5.74, 6) is 0.340. The number of nitrogens with zero attached hydrogens (tertiary/aromatic N) is 1. The normalized spacial score (nSPS) is 12.3. The zero-order valence-electron chi connectivity index (χ0n) is 14.8. The molecule has 6 nitrogen and oxygen atoms in total. The fourth-order valence-electron chi connectivity index (χ4n) is 2.40. The van der Waals surface area contributed by atoms with Crippen LogP contribution in [0.5, 0.6) is 5.75 Å². The van der Waals surface area contributed by atoms with E-state index in [0.717, 1.165) is 26.3 Å². The minimum Gasteiger partial charge on any atom is -0.497 e. The predicted molar refractivity (Wildman–Crippen MR) is 106 cm³/mol. The Bertz CT molecular complexity index is 852. The molecule has 0 aliphatic heterocycles. The lowest BCUT2D eigenvalue weighted by molar-refractivity contribution is -0.120.